The average molecular weight is 564 g/mol. The quantitative estimate of drug-likeness (QED) is 0.191. The Morgan fingerprint density at radius 2 is 1.54 bits per heavy atom. The summed E-state index contributed by atoms with van der Waals surface area (Å²) in [5, 5.41) is 12.8. The molecule has 218 valence electrons. The number of benzene rings is 2. The minimum atomic E-state index is -0.109. The van der Waals surface area contributed by atoms with Crippen LogP contribution >= 0.6 is 0 Å². The predicted octanol–water partition coefficient (Wildman–Crippen LogP) is 3.44. The summed E-state index contributed by atoms with van der Waals surface area (Å²) in [4.78, 5) is 25.7. The molecule has 0 saturated heterocycles. The van der Waals surface area contributed by atoms with Crippen molar-refractivity contribution in [1.29, 1.82) is 0 Å². The van der Waals surface area contributed by atoms with Crippen molar-refractivity contribution in [1.82, 2.24) is 20.3 Å². The molecule has 1 amide bonds. The number of ether oxygens (including phenoxy) is 4. The van der Waals surface area contributed by atoms with Crippen LogP contribution in [0.5, 0.6) is 11.5 Å². The molecule has 1 aliphatic heterocycles. The highest BCUT2D eigenvalue weighted by Gasteiger charge is 2.19. The first-order chi connectivity index (χ1) is 20.2. The molecule has 1 aromatic heterocycles. The van der Waals surface area contributed by atoms with Gasteiger partial charge in [-0.1, -0.05) is 43.2 Å². The summed E-state index contributed by atoms with van der Waals surface area (Å²) in [5.74, 6) is 2.86. The highest BCUT2D eigenvalue weighted by Crippen LogP contribution is 2.35. The van der Waals surface area contributed by atoms with Gasteiger partial charge in [0.25, 0.3) is 5.91 Å². The first kappa shape index (κ1) is 28.4. The molecular formula is C29H37N7O5. The fourth-order valence-corrected chi connectivity index (χ4v) is 4.64. The number of amides is 1. The number of hydrogen-bond acceptors (Lipinski definition) is 11. The number of rotatable bonds is 16. The van der Waals surface area contributed by atoms with Gasteiger partial charge in [-0.25, -0.2) is 0 Å². The number of para-hydroxylation sites is 1. The zero-order chi connectivity index (χ0) is 28.1. The molecule has 12 heteroatoms. The van der Waals surface area contributed by atoms with E-state index in [0.717, 1.165) is 29.9 Å². The largest absolute Gasteiger partial charge is 0.454 e. The molecule has 0 radical (unpaired) electrons. The fourth-order valence-electron chi connectivity index (χ4n) is 4.64. The summed E-state index contributed by atoms with van der Waals surface area (Å²) in [7, 11) is 0. The summed E-state index contributed by atoms with van der Waals surface area (Å²) < 4.78 is 22.3. The maximum Gasteiger partial charge on any atom is 0.251 e. The van der Waals surface area contributed by atoms with Gasteiger partial charge in [-0.2, -0.15) is 15.0 Å². The van der Waals surface area contributed by atoms with Crippen LogP contribution in [0.15, 0.2) is 48.5 Å². The molecule has 1 fully saturated rings. The van der Waals surface area contributed by atoms with E-state index in [0.29, 0.717) is 75.5 Å². The molecule has 0 atom stereocenters. The van der Waals surface area contributed by atoms with Crippen molar-refractivity contribution in [2.45, 2.75) is 38.3 Å². The van der Waals surface area contributed by atoms with Gasteiger partial charge >= 0.3 is 0 Å². The Morgan fingerprint density at radius 1 is 0.805 bits per heavy atom. The Labute approximate surface area is 239 Å². The summed E-state index contributed by atoms with van der Waals surface area (Å²) in [6.45, 7) is 3.44. The molecule has 2 heterocycles. The fraction of sp³-hybridized carbons (Fsp3) is 0.448. The molecule has 1 aliphatic carbocycles. The zero-order valence-electron chi connectivity index (χ0n) is 23.1. The number of anilines is 3. The van der Waals surface area contributed by atoms with E-state index < -0.39 is 0 Å². The second kappa shape index (κ2) is 15.0. The van der Waals surface area contributed by atoms with Crippen molar-refractivity contribution in [3.05, 3.63) is 59.7 Å². The number of aromatic nitrogens is 3. The summed E-state index contributed by atoms with van der Waals surface area (Å²) >= 11 is 0. The lowest BCUT2D eigenvalue weighted by Crippen LogP contribution is -2.27. The maximum atomic E-state index is 12.0. The monoisotopic (exact) mass is 563 g/mol. The van der Waals surface area contributed by atoms with Gasteiger partial charge in [0.15, 0.2) is 11.5 Å². The van der Waals surface area contributed by atoms with Crippen LogP contribution in [0.3, 0.4) is 0 Å². The Kier molecular flexibility index (Phi) is 10.4. The summed E-state index contributed by atoms with van der Waals surface area (Å²) in [6.07, 6.45) is 4.65. The number of carbonyl (C=O) groups excluding carboxylic acids is 1. The summed E-state index contributed by atoms with van der Waals surface area (Å²) in [6, 6.07) is 15.3. The van der Waals surface area contributed by atoms with E-state index in [1.54, 1.807) is 12.1 Å². The molecule has 5 rings (SSSR count). The number of hydrogen-bond donors (Lipinski definition) is 4. The molecule has 0 bridgehead atoms. The van der Waals surface area contributed by atoms with Crippen LogP contribution in [-0.2, 0) is 16.0 Å². The van der Waals surface area contributed by atoms with Crippen LogP contribution in [0, 0.1) is 0 Å². The van der Waals surface area contributed by atoms with Gasteiger partial charge in [0.05, 0.1) is 26.4 Å². The maximum absolute atomic E-state index is 12.0. The minimum absolute atomic E-state index is 0.109. The molecule has 41 heavy (non-hydrogen) atoms. The lowest BCUT2D eigenvalue weighted by atomic mass is 10.2. The van der Waals surface area contributed by atoms with Crippen molar-refractivity contribution in [3.8, 4) is 11.5 Å². The highest BCUT2D eigenvalue weighted by molar-refractivity contribution is 5.94. The van der Waals surface area contributed by atoms with Crippen LogP contribution in [0.1, 0.15) is 41.6 Å². The van der Waals surface area contributed by atoms with Gasteiger partial charge < -0.3 is 40.2 Å². The van der Waals surface area contributed by atoms with Crippen LogP contribution in [0.2, 0.25) is 0 Å². The van der Waals surface area contributed by atoms with E-state index in [9.17, 15) is 4.79 Å². The second-order valence-corrected chi connectivity index (χ2v) is 9.71. The van der Waals surface area contributed by atoms with E-state index in [1.165, 1.54) is 12.8 Å². The zero-order valence-corrected chi connectivity index (χ0v) is 23.1. The van der Waals surface area contributed by atoms with Gasteiger partial charge in [0, 0.05) is 36.8 Å². The molecule has 4 N–H and O–H groups in total. The predicted molar refractivity (Wildman–Crippen MR) is 155 cm³/mol. The van der Waals surface area contributed by atoms with Gasteiger partial charge in [-0.3, -0.25) is 4.79 Å². The molecule has 1 saturated carbocycles. The molecule has 0 spiro atoms. The van der Waals surface area contributed by atoms with Gasteiger partial charge in [-0.15, -0.1) is 0 Å². The van der Waals surface area contributed by atoms with Gasteiger partial charge in [0.2, 0.25) is 24.6 Å². The lowest BCUT2D eigenvalue weighted by molar-refractivity contribution is 0.0519. The van der Waals surface area contributed by atoms with E-state index in [4.69, 9.17) is 18.9 Å². The molecule has 2 aliphatic rings. The molecule has 0 unspecified atom stereocenters. The van der Waals surface area contributed by atoms with Crippen LogP contribution < -0.4 is 30.7 Å². The van der Waals surface area contributed by atoms with Crippen molar-refractivity contribution >= 4 is 23.8 Å². The number of carbonyl (C=O) groups is 1. The Morgan fingerprint density at radius 3 is 2.34 bits per heavy atom. The van der Waals surface area contributed by atoms with Gasteiger partial charge in [0.1, 0.15) is 0 Å². The molecule has 12 nitrogen and oxygen atoms in total. The van der Waals surface area contributed by atoms with E-state index in [-0.39, 0.29) is 12.7 Å². The van der Waals surface area contributed by atoms with Crippen molar-refractivity contribution in [3.63, 3.8) is 0 Å². The minimum Gasteiger partial charge on any atom is -0.454 e. The number of nitrogens with one attached hydrogen (secondary N) is 4. The third-order valence-electron chi connectivity index (χ3n) is 6.71. The molecule has 2 aromatic carbocycles. The smallest absolute Gasteiger partial charge is 0.251 e. The van der Waals surface area contributed by atoms with E-state index in [1.807, 2.05) is 36.4 Å². The first-order valence-corrected chi connectivity index (χ1v) is 14.1. The third-order valence-corrected chi connectivity index (χ3v) is 6.71. The number of nitrogens with zero attached hydrogens (tertiary/aromatic N) is 3. The number of fused-ring (bicyclic) bond motifs is 1. The summed E-state index contributed by atoms with van der Waals surface area (Å²) in [5.41, 5.74) is 1.60. The normalized spacial score (nSPS) is 14.1. The van der Waals surface area contributed by atoms with Crippen molar-refractivity contribution in [2.24, 2.45) is 0 Å². The Bertz CT molecular complexity index is 1260. The molecular weight excluding hydrogens is 526 g/mol. The van der Waals surface area contributed by atoms with Crippen LogP contribution in [0.25, 0.3) is 0 Å². The van der Waals surface area contributed by atoms with E-state index >= 15 is 0 Å². The molecule has 3 aromatic rings. The third kappa shape index (κ3) is 8.66. The van der Waals surface area contributed by atoms with Crippen molar-refractivity contribution < 1.29 is 23.7 Å². The van der Waals surface area contributed by atoms with Crippen LogP contribution in [-0.4, -0.2) is 73.2 Å². The Balaban J connectivity index is 1.03. The standard InChI is InChI=1S/C29H37N7O5/c37-26(21-7-2-1-3-8-21)30-13-15-38-17-18-39-16-14-31-27-34-28(36-29(35-27)33-23-10-4-5-11-23)32-19-22-9-6-12-24-25(22)41-20-40-24/h1-3,6-9,12,23H,4-5,10-11,13-20H2,(H,30,37)(H3,31,32,33,34,35,36). The topological polar surface area (TPSA) is 141 Å². The Hall–Kier alpha value is -4.16. The lowest BCUT2D eigenvalue weighted by Gasteiger charge is -2.15. The van der Waals surface area contributed by atoms with Crippen LogP contribution in [0.4, 0.5) is 17.8 Å². The highest BCUT2D eigenvalue weighted by atomic mass is 16.7. The van der Waals surface area contributed by atoms with E-state index in [2.05, 4.69) is 36.2 Å². The second-order valence-electron chi connectivity index (χ2n) is 9.71. The first-order valence-electron chi connectivity index (χ1n) is 14.1. The average Bonchev–Trinajstić information content (AvgIpc) is 3.70. The van der Waals surface area contributed by atoms with Gasteiger partial charge in [-0.05, 0) is 31.0 Å². The van der Waals surface area contributed by atoms with Crippen molar-refractivity contribution in [2.75, 3.05) is 62.3 Å². The SMILES string of the molecule is O=C(NCCOCCOCCNc1nc(NCc2cccc3c2OCO3)nc(NC2CCCC2)n1)c1ccccc1.